The Hall–Kier alpha value is -1.62. The van der Waals surface area contributed by atoms with Gasteiger partial charge in [0, 0.05) is 5.02 Å². The molecule has 2 aromatic rings. The van der Waals surface area contributed by atoms with E-state index in [0.29, 0.717) is 20.8 Å². The van der Waals surface area contributed by atoms with Crippen molar-refractivity contribution in [3.8, 4) is 0 Å². The van der Waals surface area contributed by atoms with E-state index in [1.807, 2.05) is 48.5 Å². The van der Waals surface area contributed by atoms with Gasteiger partial charge in [-0.15, -0.1) is 0 Å². The van der Waals surface area contributed by atoms with Gasteiger partial charge in [-0.1, -0.05) is 78.0 Å². The summed E-state index contributed by atoms with van der Waals surface area (Å²) < 4.78 is 0.592. The second-order valence-corrected chi connectivity index (χ2v) is 6.92. The van der Waals surface area contributed by atoms with E-state index in [0.717, 1.165) is 11.1 Å². The van der Waals surface area contributed by atoms with Crippen molar-refractivity contribution in [2.75, 3.05) is 0 Å². The second-order valence-electron chi connectivity index (χ2n) is 4.81. The Labute approximate surface area is 143 Å². The van der Waals surface area contributed by atoms with Crippen LogP contribution in [0.3, 0.4) is 0 Å². The number of thiocarbonyl (C=S) groups is 1. The lowest BCUT2D eigenvalue weighted by molar-refractivity contribution is -0.122. The van der Waals surface area contributed by atoms with Gasteiger partial charge in [0.15, 0.2) is 0 Å². The van der Waals surface area contributed by atoms with Crippen molar-refractivity contribution in [3.63, 3.8) is 0 Å². The standard InChI is InChI=1S/C17H12ClNOS2/c18-14-8-6-12(7-9-14)10-15-16(20)19(17(21)22-15)11-13-4-2-1-3-5-13/h1-10H,11H2/b15-10-. The molecule has 0 aromatic heterocycles. The molecule has 1 fully saturated rings. The van der Waals surface area contributed by atoms with Gasteiger partial charge in [-0.2, -0.15) is 0 Å². The largest absolute Gasteiger partial charge is 0.288 e. The molecule has 0 saturated carbocycles. The third-order valence-corrected chi connectivity index (χ3v) is 4.85. The summed E-state index contributed by atoms with van der Waals surface area (Å²) in [6.07, 6.45) is 1.85. The molecule has 1 aliphatic heterocycles. The maximum absolute atomic E-state index is 12.5. The zero-order valence-corrected chi connectivity index (χ0v) is 13.9. The van der Waals surface area contributed by atoms with E-state index in [1.165, 1.54) is 11.8 Å². The fourth-order valence-electron chi connectivity index (χ4n) is 2.11. The monoisotopic (exact) mass is 345 g/mol. The zero-order chi connectivity index (χ0) is 15.5. The summed E-state index contributed by atoms with van der Waals surface area (Å²) >= 11 is 12.5. The van der Waals surface area contributed by atoms with Crippen LogP contribution in [0.15, 0.2) is 59.5 Å². The van der Waals surface area contributed by atoms with Crippen LogP contribution in [0.25, 0.3) is 6.08 Å². The van der Waals surface area contributed by atoms with E-state index >= 15 is 0 Å². The quantitative estimate of drug-likeness (QED) is 0.592. The van der Waals surface area contributed by atoms with E-state index in [9.17, 15) is 4.79 Å². The van der Waals surface area contributed by atoms with Crippen molar-refractivity contribution >= 4 is 51.9 Å². The summed E-state index contributed by atoms with van der Waals surface area (Å²) in [6.45, 7) is 0.503. The number of nitrogens with zero attached hydrogens (tertiary/aromatic N) is 1. The third-order valence-electron chi connectivity index (χ3n) is 3.22. The topological polar surface area (TPSA) is 20.3 Å². The molecule has 1 saturated heterocycles. The van der Waals surface area contributed by atoms with Gasteiger partial charge in [-0.25, -0.2) is 0 Å². The van der Waals surface area contributed by atoms with Crippen molar-refractivity contribution in [2.45, 2.75) is 6.54 Å². The molecule has 0 radical (unpaired) electrons. The smallest absolute Gasteiger partial charge is 0.266 e. The van der Waals surface area contributed by atoms with Crippen LogP contribution in [0.2, 0.25) is 5.02 Å². The molecular formula is C17H12ClNOS2. The first-order chi connectivity index (χ1) is 10.6. The summed E-state index contributed by atoms with van der Waals surface area (Å²) in [5.74, 6) is -0.0474. The Morgan fingerprint density at radius 2 is 1.77 bits per heavy atom. The molecule has 3 rings (SSSR count). The molecule has 0 atom stereocenters. The summed E-state index contributed by atoms with van der Waals surface area (Å²) in [5.41, 5.74) is 2.00. The highest BCUT2D eigenvalue weighted by molar-refractivity contribution is 8.26. The number of hydrogen-bond donors (Lipinski definition) is 0. The van der Waals surface area contributed by atoms with Gasteiger partial charge in [-0.3, -0.25) is 9.69 Å². The maximum atomic E-state index is 12.5. The van der Waals surface area contributed by atoms with Crippen molar-refractivity contribution < 1.29 is 4.79 Å². The minimum atomic E-state index is -0.0474. The lowest BCUT2D eigenvalue weighted by atomic mass is 10.2. The molecule has 0 spiro atoms. The van der Waals surface area contributed by atoms with Crippen LogP contribution in [-0.2, 0) is 11.3 Å². The highest BCUT2D eigenvalue weighted by Gasteiger charge is 2.31. The molecule has 1 heterocycles. The number of carbonyl (C=O) groups excluding carboxylic acids is 1. The molecule has 0 bridgehead atoms. The van der Waals surface area contributed by atoms with Gasteiger partial charge in [0.25, 0.3) is 5.91 Å². The predicted octanol–water partition coefficient (Wildman–Crippen LogP) is 4.74. The van der Waals surface area contributed by atoms with E-state index in [-0.39, 0.29) is 5.91 Å². The van der Waals surface area contributed by atoms with Gasteiger partial charge in [0.05, 0.1) is 11.4 Å². The minimum absolute atomic E-state index is 0.0474. The van der Waals surface area contributed by atoms with Gasteiger partial charge in [0.2, 0.25) is 0 Å². The summed E-state index contributed by atoms with van der Waals surface area (Å²) in [4.78, 5) is 14.8. The normalized spacial score (nSPS) is 16.6. The summed E-state index contributed by atoms with van der Waals surface area (Å²) in [5, 5.41) is 0.675. The molecule has 22 heavy (non-hydrogen) atoms. The Kier molecular flexibility index (Phi) is 4.62. The first-order valence-corrected chi connectivity index (χ1v) is 8.28. The van der Waals surface area contributed by atoms with Crippen molar-refractivity contribution in [1.29, 1.82) is 0 Å². The van der Waals surface area contributed by atoms with Crippen LogP contribution < -0.4 is 0 Å². The van der Waals surface area contributed by atoms with Crippen molar-refractivity contribution in [1.82, 2.24) is 4.90 Å². The Morgan fingerprint density at radius 1 is 1.09 bits per heavy atom. The Bertz CT molecular complexity index is 741. The number of rotatable bonds is 3. The predicted molar refractivity (Wildman–Crippen MR) is 96.6 cm³/mol. The molecule has 1 amide bonds. The molecular weight excluding hydrogens is 334 g/mol. The van der Waals surface area contributed by atoms with Crippen LogP contribution in [0.1, 0.15) is 11.1 Å². The van der Waals surface area contributed by atoms with Gasteiger partial charge in [0.1, 0.15) is 4.32 Å². The van der Waals surface area contributed by atoms with Gasteiger partial charge < -0.3 is 0 Å². The highest BCUT2D eigenvalue weighted by atomic mass is 35.5. The first kappa shape index (κ1) is 15.3. The van der Waals surface area contributed by atoms with Crippen LogP contribution in [0, 0.1) is 0 Å². The number of halogens is 1. The van der Waals surface area contributed by atoms with Gasteiger partial charge >= 0.3 is 0 Å². The van der Waals surface area contributed by atoms with Crippen molar-refractivity contribution in [3.05, 3.63) is 75.7 Å². The highest BCUT2D eigenvalue weighted by Crippen LogP contribution is 2.33. The fraction of sp³-hybridized carbons (Fsp3) is 0.0588. The molecule has 110 valence electrons. The van der Waals surface area contributed by atoms with Crippen LogP contribution in [-0.4, -0.2) is 15.1 Å². The summed E-state index contributed by atoms with van der Waals surface area (Å²) in [6, 6.07) is 17.2. The number of amides is 1. The minimum Gasteiger partial charge on any atom is -0.288 e. The van der Waals surface area contributed by atoms with E-state index in [4.69, 9.17) is 23.8 Å². The van der Waals surface area contributed by atoms with E-state index < -0.39 is 0 Å². The average molecular weight is 346 g/mol. The average Bonchev–Trinajstić information content (AvgIpc) is 2.78. The lowest BCUT2D eigenvalue weighted by Gasteiger charge is -2.14. The fourth-order valence-corrected chi connectivity index (χ4v) is 3.49. The van der Waals surface area contributed by atoms with E-state index in [1.54, 1.807) is 17.0 Å². The Morgan fingerprint density at radius 3 is 2.45 bits per heavy atom. The molecule has 0 N–H and O–H groups in total. The molecule has 2 nitrogen and oxygen atoms in total. The molecule has 5 heteroatoms. The van der Waals surface area contributed by atoms with E-state index in [2.05, 4.69) is 0 Å². The first-order valence-electron chi connectivity index (χ1n) is 6.68. The zero-order valence-electron chi connectivity index (χ0n) is 11.5. The van der Waals surface area contributed by atoms with Crippen LogP contribution in [0.4, 0.5) is 0 Å². The SMILES string of the molecule is O=C1/C(=C/c2ccc(Cl)cc2)SC(=S)N1Cc1ccccc1. The number of benzene rings is 2. The Balaban J connectivity index is 1.80. The molecule has 2 aromatic carbocycles. The van der Waals surface area contributed by atoms with Crippen molar-refractivity contribution in [2.24, 2.45) is 0 Å². The molecule has 0 aliphatic carbocycles. The summed E-state index contributed by atoms with van der Waals surface area (Å²) in [7, 11) is 0. The van der Waals surface area contributed by atoms with Crippen LogP contribution in [0.5, 0.6) is 0 Å². The number of hydrogen-bond acceptors (Lipinski definition) is 3. The number of carbonyl (C=O) groups is 1. The van der Waals surface area contributed by atoms with Gasteiger partial charge in [-0.05, 0) is 29.3 Å². The molecule has 1 aliphatic rings. The molecule has 0 unspecified atom stereocenters. The number of thioether (sulfide) groups is 1. The second kappa shape index (κ2) is 6.65. The van der Waals surface area contributed by atoms with Crippen LogP contribution >= 0.6 is 35.6 Å². The third kappa shape index (κ3) is 3.40. The lowest BCUT2D eigenvalue weighted by Crippen LogP contribution is -2.27. The maximum Gasteiger partial charge on any atom is 0.266 e.